The first-order valence-electron chi connectivity index (χ1n) is 8.33. The molecule has 0 atom stereocenters. The van der Waals surface area contributed by atoms with E-state index >= 15 is 0 Å². The molecule has 0 fully saturated rings. The molecule has 132 valence electrons. The first-order valence-corrected chi connectivity index (χ1v) is 8.33. The standard InChI is InChI=1S/C20H15N5O2/c1-14-6-2-3-7-17(14)22-23-20-19(21-18-8-4-5-13-24(18)20)15-9-11-16(12-10-15)25(26)27/h2-13H,1H3. The summed E-state index contributed by atoms with van der Waals surface area (Å²) in [4.78, 5) is 15.1. The summed E-state index contributed by atoms with van der Waals surface area (Å²) in [7, 11) is 0. The fourth-order valence-corrected chi connectivity index (χ4v) is 2.79. The number of benzene rings is 2. The van der Waals surface area contributed by atoms with Crippen molar-refractivity contribution in [3.8, 4) is 11.3 Å². The van der Waals surface area contributed by atoms with Gasteiger partial charge in [-0.15, -0.1) is 10.2 Å². The topological polar surface area (TPSA) is 85.2 Å². The van der Waals surface area contributed by atoms with Crippen LogP contribution in [-0.4, -0.2) is 14.3 Å². The molecule has 4 aromatic rings. The number of nitrogens with zero attached hydrogens (tertiary/aromatic N) is 5. The van der Waals surface area contributed by atoms with Crippen molar-refractivity contribution >= 4 is 22.8 Å². The van der Waals surface area contributed by atoms with Gasteiger partial charge >= 0.3 is 0 Å². The van der Waals surface area contributed by atoms with Crippen molar-refractivity contribution in [2.45, 2.75) is 6.92 Å². The van der Waals surface area contributed by atoms with Gasteiger partial charge in [-0.2, -0.15) is 0 Å². The fraction of sp³-hybridized carbons (Fsp3) is 0.0500. The van der Waals surface area contributed by atoms with Gasteiger partial charge in [-0.3, -0.25) is 14.5 Å². The quantitative estimate of drug-likeness (QED) is 0.269. The third kappa shape index (κ3) is 3.18. The largest absolute Gasteiger partial charge is 0.283 e. The van der Waals surface area contributed by atoms with E-state index in [1.54, 1.807) is 12.1 Å². The molecule has 0 spiro atoms. The van der Waals surface area contributed by atoms with Crippen LogP contribution in [0.4, 0.5) is 17.2 Å². The van der Waals surface area contributed by atoms with E-state index < -0.39 is 4.92 Å². The van der Waals surface area contributed by atoms with Gasteiger partial charge in [-0.05, 0) is 42.8 Å². The summed E-state index contributed by atoms with van der Waals surface area (Å²) in [6.45, 7) is 1.97. The van der Waals surface area contributed by atoms with Crippen molar-refractivity contribution < 1.29 is 4.92 Å². The Bertz CT molecular complexity index is 1160. The van der Waals surface area contributed by atoms with Crippen LogP contribution in [0, 0.1) is 17.0 Å². The van der Waals surface area contributed by atoms with Crippen LogP contribution < -0.4 is 0 Å². The first kappa shape index (κ1) is 16.6. The van der Waals surface area contributed by atoms with Crippen LogP contribution in [0.2, 0.25) is 0 Å². The second-order valence-corrected chi connectivity index (χ2v) is 6.00. The summed E-state index contributed by atoms with van der Waals surface area (Å²) < 4.78 is 1.85. The number of azo groups is 1. The van der Waals surface area contributed by atoms with Gasteiger partial charge in [-0.25, -0.2) is 4.98 Å². The van der Waals surface area contributed by atoms with E-state index in [1.165, 1.54) is 12.1 Å². The molecule has 0 aliphatic heterocycles. The molecule has 2 aromatic heterocycles. The Kier molecular flexibility index (Phi) is 4.18. The number of aryl methyl sites for hydroxylation is 1. The van der Waals surface area contributed by atoms with Crippen molar-refractivity contribution in [2.75, 3.05) is 0 Å². The Morgan fingerprint density at radius 3 is 2.44 bits per heavy atom. The highest BCUT2D eigenvalue weighted by molar-refractivity contribution is 5.75. The number of imidazole rings is 1. The molecule has 27 heavy (non-hydrogen) atoms. The van der Waals surface area contributed by atoms with Gasteiger partial charge in [0.15, 0.2) is 5.82 Å². The lowest BCUT2D eigenvalue weighted by Gasteiger charge is -2.01. The predicted molar refractivity (Wildman–Crippen MR) is 103 cm³/mol. The number of hydrogen-bond acceptors (Lipinski definition) is 5. The number of non-ortho nitro benzene ring substituents is 1. The van der Waals surface area contributed by atoms with Crippen LogP contribution in [0.5, 0.6) is 0 Å². The Hall–Kier alpha value is -3.87. The lowest BCUT2D eigenvalue weighted by molar-refractivity contribution is -0.384. The van der Waals surface area contributed by atoms with Crippen molar-refractivity contribution in [1.29, 1.82) is 0 Å². The van der Waals surface area contributed by atoms with E-state index in [0.29, 0.717) is 11.5 Å². The van der Waals surface area contributed by atoms with Crippen molar-refractivity contribution in [2.24, 2.45) is 10.2 Å². The monoisotopic (exact) mass is 357 g/mol. The van der Waals surface area contributed by atoms with E-state index in [1.807, 2.05) is 60.0 Å². The second kappa shape index (κ2) is 6.80. The molecular weight excluding hydrogens is 342 g/mol. The zero-order valence-electron chi connectivity index (χ0n) is 14.5. The van der Waals surface area contributed by atoms with Gasteiger partial charge in [0.2, 0.25) is 0 Å². The highest BCUT2D eigenvalue weighted by atomic mass is 16.6. The number of nitro benzene ring substituents is 1. The molecular formula is C20H15N5O2. The van der Waals surface area contributed by atoms with E-state index in [-0.39, 0.29) is 5.69 Å². The highest BCUT2D eigenvalue weighted by Crippen LogP contribution is 2.33. The maximum Gasteiger partial charge on any atom is 0.269 e. The molecule has 0 aliphatic carbocycles. The van der Waals surface area contributed by atoms with E-state index in [9.17, 15) is 10.1 Å². The number of rotatable bonds is 4. The van der Waals surface area contributed by atoms with E-state index in [2.05, 4.69) is 15.2 Å². The molecule has 4 rings (SSSR count). The zero-order valence-corrected chi connectivity index (χ0v) is 14.5. The minimum atomic E-state index is -0.424. The molecule has 0 aliphatic rings. The molecule has 7 heteroatoms. The van der Waals surface area contributed by atoms with Crippen LogP contribution in [-0.2, 0) is 0 Å². The number of hydrogen-bond donors (Lipinski definition) is 0. The lowest BCUT2D eigenvalue weighted by atomic mass is 10.1. The summed E-state index contributed by atoms with van der Waals surface area (Å²) >= 11 is 0. The van der Waals surface area contributed by atoms with E-state index in [0.717, 1.165) is 22.5 Å². The Balaban J connectivity index is 1.84. The van der Waals surface area contributed by atoms with Gasteiger partial charge in [0.1, 0.15) is 11.3 Å². The van der Waals surface area contributed by atoms with Gasteiger partial charge < -0.3 is 0 Å². The van der Waals surface area contributed by atoms with Gasteiger partial charge in [-0.1, -0.05) is 24.3 Å². The smallest absolute Gasteiger partial charge is 0.269 e. The zero-order chi connectivity index (χ0) is 18.8. The average molecular weight is 357 g/mol. The van der Waals surface area contributed by atoms with Gasteiger partial charge in [0.25, 0.3) is 5.69 Å². The molecule has 0 bridgehead atoms. The molecule has 0 amide bonds. The SMILES string of the molecule is Cc1ccccc1N=Nc1c(-c2ccc([N+](=O)[O-])cc2)nc2ccccn12. The number of aromatic nitrogens is 2. The van der Waals surface area contributed by atoms with Gasteiger partial charge in [0.05, 0.1) is 10.6 Å². The van der Waals surface area contributed by atoms with Crippen molar-refractivity contribution in [3.05, 3.63) is 88.6 Å². The van der Waals surface area contributed by atoms with Crippen LogP contribution in [0.15, 0.2) is 83.2 Å². The number of pyridine rings is 1. The predicted octanol–water partition coefficient (Wildman–Crippen LogP) is 5.63. The summed E-state index contributed by atoms with van der Waals surface area (Å²) in [6.07, 6.45) is 1.86. The number of fused-ring (bicyclic) bond motifs is 1. The van der Waals surface area contributed by atoms with E-state index in [4.69, 9.17) is 0 Å². The summed E-state index contributed by atoms with van der Waals surface area (Å²) in [6, 6.07) is 19.7. The van der Waals surface area contributed by atoms with Crippen LogP contribution in [0.3, 0.4) is 0 Å². The minimum absolute atomic E-state index is 0.0330. The van der Waals surface area contributed by atoms with Crippen molar-refractivity contribution in [3.63, 3.8) is 0 Å². The van der Waals surface area contributed by atoms with Crippen LogP contribution in [0.1, 0.15) is 5.56 Å². The molecule has 2 heterocycles. The second-order valence-electron chi connectivity index (χ2n) is 6.00. The average Bonchev–Trinajstić information content (AvgIpc) is 3.06. The molecule has 0 saturated heterocycles. The maximum absolute atomic E-state index is 10.9. The normalized spacial score (nSPS) is 11.3. The third-order valence-corrected chi connectivity index (χ3v) is 4.22. The van der Waals surface area contributed by atoms with Crippen LogP contribution in [0.25, 0.3) is 16.9 Å². The molecule has 0 saturated carbocycles. The molecule has 0 N–H and O–H groups in total. The summed E-state index contributed by atoms with van der Waals surface area (Å²) in [5.74, 6) is 0.572. The summed E-state index contributed by atoms with van der Waals surface area (Å²) in [5.41, 5.74) is 3.91. The first-order chi connectivity index (χ1) is 13.1. The van der Waals surface area contributed by atoms with Crippen LogP contribution >= 0.6 is 0 Å². The molecule has 0 unspecified atom stereocenters. The maximum atomic E-state index is 10.9. The third-order valence-electron chi connectivity index (χ3n) is 4.22. The Labute approximate surface area is 154 Å². The Morgan fingerprint density at radius 2 is 1.70 bits per heavy atom. The van der Waals surface area contributed by atoms with Gasteiger partial charge in [0, 0.05) is 23.9 Å². The lowest BCUT2D eigenvalue weighted by Crippen LogP contribution is -1.87. The fourth-order valence-electron chi connectivity index (χ4n) is 2.79. The van der Waals surface area contributed by atoms with Crippen molar-refractivity contribution in [1.82, 2.24) is 9.38 Å². The molecule has 2 aromatic carbocycles. The minimum Gasteiger partial charge on any atom is -0.283 e. The number of nitro groups is 1. The molecule has 0 radical (unpaired) electrons. The summed E-state index contributed by atoms with van der Waals surface area (Å²) in [5, 5.41) is 19.7. The highest BCUT2D eigenvalue weighted by Gasteiger charge is 2.15. The molecule has 7 nitrogen and oxygen atoms in total. The Morgan fingerprint density at radius 1 is 0.963 bits per heavy atom.